The summed E-state index contributed by atoms with van der Waals surface area (Å²) in [5.74, 6) is 1.97. The van der Waals surface area contributed by atoms with Crippen LogP contribution >= 0.6 is 0 Å². The monoisotopic (exact) mass is 598 g/mol. The molecule has 0 bridgehead atoms. The smallest absolute Gasteiger partial charge is 0.313 e. The molecule has 4 nitrogen and oxygen atoms in total. The van der Waals surface area contributed by atoms with E-state index >= 15 is 0 Å². The second-order valence-corrected chi connectivity index (χ2v) is 15.8. The molecule has 0 aliphatic heterocycles. The summed E-state index contributed by atoms with van der Waals surface area (Å²) in [5, 5.41) is 17.7. The van der Waals surface area contributed by atoms with E-state index in [9.17, 15) is 9.90 Å². The Morgan fingerprint density at radius 1 is 0.977 bits per heavy atom. The Morgan fingerprint density at radius 3 is 2.26 bits per heavy atom. The van der Waals surface area contributed by atoms with Gasteiger partial charge >= 0.3 is 5.97 Å². The molecule has 0 aromatic heterocycles. The first kappa shape index (κ1) is 36.1. The van der Waals surface area contributed by atoms with Gasteiger partial charge in [0.25, 0.3) is 0 Å². The molecule has 4 heteroatoms. The first-order valence-corrected chi connectivity index (χ1v) is 17.6. The maximum absolute atomic E-state index is 14.1. The number of carbonyl (C=O) groups is 1. The molecule has 0 radical (unpaired) electrons. The lowest BCUT2D eigenvalue weighted by molar-refractivity contribution is -0.189. The standard InChI is InChI=1S/C36H56O3.C2H6.CH4O/c1-9-11-25(10-2)23-39-31(38)36-20-18-32(4,5)22-28(36)27-12-13-30-33(6)16-15-29(37)24(3)26(33)14-17-35(30,8)34(27,7)19-21-36;2*1-2/h9-12,24,26,28-30,37H,13-23H2,1-8H3;1-2H3;2H,1H3/b11-9-,25-10+;;/t24?,26?,28-,29-,30?,33-,34+,35+,36-;;/m0../s1. The van der Waals surface area contributed by atoms with Gasteiger partial charge in [0.2, 0.25) is 0 Å². The lowest BCUT2D eigenvalue weighted by Crippen LogP contribution is -2.63. The SMILES string of the molecule is C/C=C\C(=C/C)COC(=O)[C@]12CCC(C)(C)C[C@H]1C1=CCC3[C@@]4(C)CC[C@H](O)C(C)C4CC[C@@]3(C)[C@]1(C)CC2.CC.CO. The summed E-state index contributed by atoms with van der Waals surface area (Å²) in [6, 6.07) is 0. The van der Waals surface area contributed by atoms with Crippen LogP contribution in [0.15, 0.2) is 35.5 Å². The number of hydrogen-bond donors (Lipinski definition) is 2. The van der Waals surface area contributed by atoms with E-state index in [0.29, 0.717) is 24.4 Å². The highest BCUT2D eigenvalue weighted by atomic mass is 16.5. The van der Waals surface area contributed by atoms with Crippen molar-refractivity contribution in [1.29, 1.82) is 0 Å². The molecule has 43 heavy (non-hydrogen) atoms. The van der Waals surface area contributed by atoms with Crippen LogP contribution in [0.1, 0.15) is 133 Å². The Labute approximate surface area is 264 Å². The molecule has 0 heterocycles. The van der Waals surface area contributed by atoms with Crippen LogP contribution in [0.4, 0.5) is 0 Å². The fourth-order valence-electron chi connectivity index (χ4n) is 11.0. The van der Waals surface area contributed by atoms with E-state index in [4.69, 9.17) is 9.84 Å². The van der Waals surface area contributed by atoms with Gasteiger partial charge < -0.3 is 14.9 Å². The average molecular weight is 599 g/mol. The van der Waals surface area contributed by atoms with Gasteiger partial charge in [0.1, 0.15) is 6.61 Å². The van der Waals surface area contributed by atoms with Gasteiger partial charge in [0.15, 0.2) is 0 Å². The molecule has 5 aliphatic carbocycles. The predicted octanol–water partition coefficient (Wildman–Crippen LogP) is 9.46. The fraction of sp³-hybridized carbons (Fsp3) is 0.821. The van der Waals surface area contributed by atoms with Gasteiger partial charge in [-0.1, -0.05) is 85.3 Å². The van der Waals surface area contributed by atoms with Crippen LogP contribution in [0.2, 0.25) is 0 Å². The topological polar surface area (TPSA) is 66.8 Å². The molecule has 5 aliphatic rings. The third-order valence-electron chi connectivity index (χ3n) is 13.7. The highest BCUT2D eigenvalue weighted by Crippen LogP contribution is 2.75. The molecule has 4 saturated carbocycles. The Hall–Kier alpha value is -1.39. The first-order chi connectivity index (χ1) is 20.3. The molecule has 5 rings (SSSR count). The van der Waals surface area contributed by atoms with Crippen molar-refractivity contribution in [2.24, 2.45) is 50.7 Å². The van der Waals surface area contributed by atoms with E-state index in [1.54, 1.807) is 5.57 Å². The Kier molecular flexibility index (Phi) is 11.4. The largest absolute Gasteiger partial charge is 0.460 e. The van der Waals surface area contributed by atoms with Crippen molar-refractivity contribution in [2.75, 3.05) is 13.7 Å². The number of carbonyl (C=O) groups excluding carboxylic acids is 1. The molecule has 0 aromatic rings. The lowest BCUT2D eigenvalue weighted by atomic mass is 9.34. The second kappa shape index (κ2) is 13.5. The zero-order valence-electron chi connectivity index (χ0n) is 29.7. The number of rotatable bonds is 4. The van der Waals surface area contributed by atoms with Gasteiger partial charge in [-0.15, -0.1) is 0 Å². The van der Waals surface area contributed by atoms with Crippen LogP contribution in [-0.2, 0) is 9.53 Å². The maximum atomic E-state index is 14.1. The minimum atomic E-state index is -0.386. The third-order valence-corrected chi connectivity index (χ3v) is 13.7. The van der Waals surface area contributed by atoms with Gasteiger partial charge in [-0.25, -0.2) is 0 Å². The fourth-order valence-corrected chi connectivity index (χ4v) is 11.0. The molecule has 0 saturated heterocycles. The quantitative estimate of drug-likeness (QED) is 0.192. The van der Waals surface area contributed by atoms with E-state index in [1.807, 2.05) is 33.8 Å². The number of hydrogen-bond acceptors (Lipinski definition) is 4. The Morgan fingerprint density at radius 2 is 1.63 bits per heavy atom. The number of aliphatic hydroxyl groups is 2. The summed E-state index contributed by atoms with van der Waals surface area (Å²) in [6.07, 6.45) is 19.5. The predicted molar refractivity (Wildman–Crippen MR) is 179 cm³/mol. The van der Waals surface area contributed by atoms with Crippen LogP contribution in [0, 0.1) is 50.7 Å². The molecule has 0 aromatic carbocycles. The van der Waals surface area contributed by atoms with Gasteiger partial charge in [-0.05, 0) is 129 Å². The molecule has 9 atom stereocenters. The number of esters is 1. The van der Waals surface area contributed by atoms with Crippen LogP contribution < -0.4 is 0 Å². The van der Waals surface area contributed by atoms with E-state index in [2.05, 4.69) is 59.8 Å². The van der Waals surface area contributed by atoms with Gasteiger partial charge in [0.05, 0.1) is 11.5 Å². The molecule has 0 spiro atoms. The second-order valence-electron chi connectivity index (χ2n) is 15.8. The summed E-state index contributed by atoms with van der Waals surface area (Å²) >= 11 is 0. The summed E-state index contributed by atoms with van der Waals surface area (Å²) in [5.41, 5.74) is 3.15. The maximum Gasteiger partial charge on any atom is 0.313 e. The molecule has 246 valence electrons. The summed E-state index contributed by atoms with van der Waals surface area (Å²) in [4.78, 5) is 14.1. The van der Waals surface area contributed by atoms with Crippen molar-refractivity contribution in [2.45, 2.75) is 140 Å². The molecule has 3 unspecified atom stereocenters. The van der Waals surface area contributed by atoms with Crippen LogP contribution in [0.5, 0.6) is 0 Å². The average Bonchev–Trinajstić information content (AvgIpc) is 2.99. The van der Waals surface area contributed by atoms with E-state index in [1.165, 1.54) is 12.8 Å². The highest BCUT2D eigenvalue weighted by molar-refractivity contribution is 5.79. The molecule has 0 amide bonds. The van der Waals surface area contributed by atoms with Crippen LogP contribution in [0.3, 0.4) is 0 Å². The van der Waals surface area contributed by atoms with Crippen molar-refractivity contribution in [3.8, 4) is 0 Å². The zero-order chi connectivity index (χ0) is 32.4. The van der Waals surface area contributed by atoms with Crippen molar-refractivity contribution < 1.29 is 19.7 Å². The van der Waals surface area contributed by atoms with E-state index < -0.39 is 0 Å². The Balaban J connectivity index is 0.00000121. The van der Waals surface area contributed by atoms with E-state index in [-0.39, 0.29) is 45.1 Å². The van der Waals surface area contributed by atoms with Crippen molar-refractivity contribution in [3.63, 3.8) is 0 Å². The Bertz CT molecular complexity index is 1070. The van der Waals surface area contributed by atoms with Gasteiger partial charge in [-0.2, -0.15) is 0 Å². The van der Waals surface area contributed by atoms with Crippen molar-refractivity contribution in [3.05, 3.63) is 35.5 Å². The molecular formula is C39H66O4. The lowest BCUT2D eigenvalue weighted by Gasteiger charge is -2.70. The minimum absolute atomic E-state index is 0.0489. The first-order valence-electron chi connectivity index (χ1n) is 17.6. The van der Waals surface area contributed by atoms with E-state index in [0.717, 1.165) is 64.0 Å². The van der Waals surface area contributed by atoms with Crippen LogP contribution in [-0.4, -0.2) is 36.0 Å². The van der Waals surface area contributed by atoms with Crippen LogP contribution in [0.25, 0.3) is 0 Å². The highest BCUT2D eigenvalue weighted by Gasteiger charge is 2.68. The molecular weight excluding hydrogens is 532 g/mol. The number of fused-ring (bicyclic) bond motifs is 7. The number of ether oxygens (including phenoxy) is 1. The summed E-state index contributed by atoms with van der Waals surface area (Å²) in [6.45, 7) is 23.3. The van der Waals surface area contributed by atoms with Crippen molar-refractivity contribution >= 4 is 5.97 Å². The van der Waals surface area contributed by atoms with Gasteiger partial charge in [-0.3, -0.25) is 4.79 Å². The summed E-state index contributed by atoms with van der Waals surface area (Å²) in [7, 11) is 1.00. The zero-order valence-corrected chi connectivity index (χ0v) is 29.7. The number of allylic oxidation sites excluding steroid dienone is 4. The molecule has 2 N–H and O–H groups in total. The number of aliphatic hydroxyl groups excluding tert-OH is 2. The van der Waals surface area contributed by atoms with Crippen molar-refractivity contribution in [1.82, 2.24) is 0 Å². The molecule has 4 fully saturated rings. The normalized spacial score (nSPS) is 43.2. The van der Waals surface area contributed by atoms with Gasteiger partial charge in [0, 0.05) is 7.11 Å². The minimum Gasteiger partial charge on any atom is -0.460 e. The summed E-state index contributed by atoms with van der Waals surface area (Å²) < 4.78 is 6.16. The third kappa shape index (κ3) is 5.86.